The van der Waals surface area contributed by atoms with Crippen LogP contribution in [0.15, 0.2) is 5.38 Å². The highest BCUT2D eigenvalue weighted by Crippen LogP contribution is 2.23. The van der Waals surface area contributed by atoms with Gasteiger partial charge in [-0.25, -0.2) is 0 Å². The summed E-state index contributed by atoms with van der Waals surface area (Å²) in [5.41, 5.74) is 6.16. The van der Waals surface area contributed by atoms with Crippen molar-refractivity contribution in [3.8, 4) is 0 Å². The molecule has 0 saturated carbocycles. The number of carbonyl (C=O) groups excluding carboxylic acids is 1. The van der Waals surface area contributed by atoms with Gasteiger partial charge in [0, 0.05) is 24.5 Å². The highest BCUT2D eigenvalue weighted by atomic mass is 35.5. The maximum atomic E-state index is 12.1. The van der Waals surface area contributed by atoms with Crippen LogP contribution in [0.1, 0.15) is 30.3 Å². The number of halogens is 1. The van der Waals surface area contributed by atoms with Gasteiger partial charge in [0.25, 0.3) is 5.91 Å². The summed E-state index contributed by atoms with van der Waals surface area (Å²) in [4.78, 5) is 14.0. The first-order valence-corrected chi connectivity index (χ1v) is 6.34. The molecule has 0 aromatic carbocycles. The second kappa shape index (κ2) is 6.28. The van der Waals surface area contributed by atoms with E-state index in [4.69, 9.17) is 5.73 Å². The van der Waals surface area contributed by atoms with Crippen molar-refractivity contribution in [1.29, 1.82) is 0 Å². The molecule has 2 atom stereocenters. The zero-order chi connectivity index (χ0) is 11.5. The molecule has 17 heavy (non-hydrogen) atoms. The summed E-state index contributed by atoms with van der Waals surface area (Å²) in [5, 5.41) is 5.50. The molecule has 0 bridgehead atoms. The fraction of sp³-hybridized carbons (Fsp3) is 0.700. The molecule has 0 spiro atoms. The van der Waals surface area contributed by atoms with Crippen LogP contribution in [0.5, 0.6) is 0 Å². The molecule has 1 saturated heterocycles. The Bertz CT molecular complexity index is 359. The van der Waals surface area contributed by atoms with E-state index in [1.807, 2.05) is 4.90 Å². The molecule has 0 aliphatic carbocycles. The summed E-state index contributed by atoms with van der Waals surface area (Å²) in [7, 11) is 0. The lowest BCUT2D eigenvalue weighted by Crippen LogP contribution is -2.49. The molecule has 2 heterocycles. The molecule has 0 radical (unpaired) electrons. The minimum absolute atomic E-state index is 0. The fourth-order valence-corrected chi connectivity index (χ4v) is 2.58. The van der Waals surface area contributed by atoms with Crippen LogP contribution >= 0.6 is 23.9 Å². The van der Waals surface area contributed by atoms with Crippen molar-refractivity contribution in [2.75, 3.05) is 13.1 Å². The van der Waals surface area contributed by atoms with Gasteiger partial charge in [0.05, 0.1) is 0 Å². The molecule has 2 rings (SSSR count). The fourth-order valence-electron chi connectivity index (χ4n) is 2.15. The Morgan fingerprint density at radius 3 is 3.06 bits per heavy atom. The third kappa shape index (κ3) is 3.14. The van der Waals surface area contributed by atoms with E-state index in [9.17, 15) is 4.79 Å². The van der Waals surface area contributed by atoms with Crippen molar-refractivity contribution in [2.45, 2.75) is 25.8 Å². The van der Waals surface area contributed by atoms with Gasteiger partial charge in [0.2, 0.25) is 0 Å². The molecule has 1 aliphatic rings. The Labute approximate surface area is 111 Å². The van der Waals surface area contributed by atoms with Crippen LogP contribution in [-0.2, 0) is 0 Å². The first-order chi connectivity index (χ1) is 7.72. The van der Waals surface area contributed by atoms with Crippen molar-refractivity contribution in [1.82, 2.24) is 14.5 Å². The average molecular weight is 277 g/mol. The second-order valence-corrected chi connectivity index (χ2v) is 4.92. The lowest BCUT2D eigenvalue weighted by atomic mass is 9.92. The van der Waals surface area contributed by atoms with Gasteiger partial charge in [-0.15, -0.1) is 17.5 Å². The van der Waals surface area contributed by atoms with Crippen LogP contribution in [0.2, 0.25) is 0 Å². The Morgan fingerprint density at radius 2 is 2.47 bits per heavy atom. The number of hydrogen-bond donors (Lipinski definition) is 1. The van der Waals surface area contributed by atoms with Crippen LogP contribution in [0.3, 0.4) is 0 Å². The summed E-state index contributed by atoms with van der Waals surface area (Å²) in [6.45, 7) is 3.50. The predicted molar refractivity (Wildman–Crippen MR) is 69.4 cm³/mol. The maximum Gasteiger partial charge on any atom is 0.275 e. The Morgan fingerprint density at radius 1 is 1.71 bits per heavy atom. The number of carbonyl (C=O) groups is 1. The average Bonchev–Trinajstić information content (AvgIpc) is 2.81. The summed E-state index contributed by atoms with van der Waals surface area (Å²) >= 11 is 1.20. The van der Waals surface area contributed by atoms with Crippen LogP contribution in [0, 0.1) is 5.92 Å². The number of nitrogens with zero attached hydrogens (tertiary/aromatic N) is 3. The minimum atomic E-state index is -0.0314. The number of aromatic nitrogens is 2. The van der Waals surface area contributed by atoms with Crippen molar-refractivity contribution >= 4 is 29.8 Å². The van der Waals surface area contributed by atoms with Gasteiger partial charge in [0.1, 0.15) is 0 Å². The van der Waals surface area contributed by atoms with Gasteiger partial charge in [-0.1, -0.05) is 11.4 Å². The van der Waals surface area contributed by atoms with Gasteiger partial charge in [-0.05, 0) is 30.3 Å². The largest absolute Gasteiger partial charge is 0.333 e. The molecule has 7 heteroatoms. The molecule has 2 unspecified atom stereocenters. The monoisotopic (exact) mass is 276 g/mol. The Kier molecular flexibility index (Phi) is 5.30. The van der Waals surface area contributed by atoms with Gasteiger partial charge >= 0.3 is 0 Å². The van der Waals surface area contributed by atoms with Crippen molar-refractivity contribution in [3.63, 3.8) is 0 Å². The molecule has 96 valence electrons. The van der Waals surface area contributed by atoms with Crippen LogP contribution in [0.25, 0.3) is 0 Å². The number of amides is 1. The zero-order valence-corrected chi connectivity index (χ0v) is 11.3. The summed E-state index contributed by atoms with van der Waals surface area (Å²) < 4.78 is 3.72. The number of likely N-dealkylation sites (tertiary alicyclic amines) is 1. The third-order valence-electron chi connectivity index (χ3n) is 3.09. The zero-order valence-electron chi connectivity index (χ0n) is 9.70. The van der Waals surface area contributed by atoms with Gasteiger partial charge in [-0.2, -0.15) is 0 Å². The van der Waals surface area contributed by atoms with E-state index in [-0.39, 0.29) is 24.4 Å². The molecular formula is C10H17ClN4OS. The highest BCUT2D eigenvalue weighted by Gasteiger charge is 2.30. The van der Waals surface area contributed by atoms with E-state index >= 15 is 0 Å². The Balaban J connectivity index is 0.00000144. The molecule has 1 aliphatic heterocycles. The van der Waals surface area contributed by atoms with E-state index in [0.29, 0.717) is 18.2 Å². The number of nitrogens with two attached hydrogens (primary N) is 1. The van der Waals surface area contributed by atoms with E-state index in [2.05, 4.69) is 16.5 Å². The van der Waals surface area contributed by atoms with Crippen LogP contribution < -0.4 is 5.73 Å². The van der Waals surface area contributed by atoms with Gasteiger partial charge in [0.15, 0.2) is 5.69 Å². The lowest BCUT2D eigenvalue weighted by molar-refractivity contribution is 0.0567. The molecule has 5 nitrogen and oxygen atoms in total. The predicted octanol–water partition coefficient (Wildman–Crippen LogP) is 1.16. The van der Waals surface area contributed by atoms with Crippen LogP contribution in [-0.4, -0.2) is 39.5 Å². The highest BCUT2D eigenvalue weighted by molar-refractivity contribution is 7.03. The Hall–Kier alpha value is -0.720. The SMILES string of the molecule is CC1CCN(C(=O)c2csnn2)C(CN)C1.Cl. The second-order valence-electron chi connectivity index (χ2n) is 4.31. The number of piperidine rings is 1. The first-order valence-electron chi connectivity index (χ1n) is 5.50. The molecule has 1 amide bonds. The number of rotatable bonds is 2. The molecule has 2 N–H and O–H groups in total. The molecule has 1 fully saturated rings. The maximum absolute atomic E-state index is 12.1. The van der Waals surface area contributed by atoms with Gasteiger partial charge < -0.3 is 10.6 Å². The third-order valence-corrected chi connectivity index (χ3v) is 3.59. The van der Waals surface area contributed by atoms with E-state index < -0.39 is 0 Å². The molecule has 1 aromatic heterocycles. The standard InChI is InChI=1S/C10H16N4OS.ClH/c1-7-2-3-14(8(4-7)5-11)10(15)9-6-16-13-12-9;/h6-8H,2-5,11H2,1H3;1H. The minimum Gasteiger partial charge on any atom is -0.333 e. The normalized spacial score (nSPS) is 24.2. The summed E-state index contributed by atoms with van der Waals surface area (Å²) in [6.07, 6.45) is 2.03. The van der Waals surface area contributed by atoms with E-state index in [1.165, 1.54) is 11.5 Å². The van der Waals surface area contributed by atoms with E-state index in [1.54, 1.807) is 5.38 Å². The topological polar surface area (TPSA) is 72.1 Å². The van der Waals surface area contributed by atoms with Crippen molar-refractivity contribution in [2.24, 2.45) is 11.7 Å². The first kappa shape index (κ1) is 14.3. The lowest BCUT2D eigenvalue weighted by Gasteiger charge is -2.37. The molecular weight excluding hydrogens is 260 g/mol. The van der Waals surface area contributed by atoms with Crippen molar-refractivity contribution < 1.29 is 4.79 Å². The number of hydrogen-bond acceptors (Lipinski definition) is 5. The summed E-state index contributed by atoms with van der Waals surface area (Å²) in [6, 6.07) is 0.151. The summed E-state index contributed by atoms with van der Waals surface area (Å²) in [5.74, 6) is 0.613. The van der Waals surface area contributed by atoms with Crippen molar-refractivity contribution in [3.05, 3.63) is 11.1 Å². The quantitative estimate of drug-likeness (QED) is 0.880. The van der Waals surface area contributed by atoms with Crippen LogP contribution in [0.4, 0.5) is 0 Å². The van der Waals surface area contributed by atoms with Gasteiger partial charge in [-0.3, -0.25) is 4.79 Å². The smallest absolute Gasteiger partial charge is 0.275 e. The van der Waals surface area contributed by atoms with E-state index in [0.717, 1.165) is 19.4 Å². The molecule has 1 aromatic rings.